The van der Waals surface area contributed by atoms with Gasteiger partial charge in [-0.05, 0) is 160 Å². The summed E-state index contributed by atoms with van der Waals surface area (Å²) < 4.78 is 0. The van der Waals surface area contributed by atoms with Gasteiger partial charge in [0.15, 0.2) is 35.8 Å². The molecule has 0 aliphatic carbocycles. The van der Waals surface area contributed by atoms with Crippen molar-refractivity contribution in [1.82, 2.24) is 112 Å². The lowest BCUT2D eigenvalue weighted by atomic mass is 10.0. The standard InChI is InChI=1S/C75H135N37O19/c1-40(78)59(120)101-37-56(117)99-35-54(115)98-36-55(116)100-38-57(118)104-52(34-41-20-22-42(113)23-21-41)60(121)102-39-58(119)103-43(14-6-28-92-70(80)81)61(122)105-44(12-2-4-26-76)62(123)106-45(13-3-5-27-77)63(124)107-46(15-7-29-93-71(82)83)64(125)108-48(17-9-31-95-73(86)87)66(127)111-50(24-25-53(79)114)68(129)110-47(16-8-30-94-72(84)85)65(126)109-49(18-10-32-96-74(88)89)67(128)112-51(69(130)131)19-11-33-97-75(90)91/h20-23,40,43-52,113H,2-19,24-39,76-78H2,1H3,(H2,79,114)(H,98,115)(H,99,117)(H,100,116)(H,101,120)(H,102,121)(H,103,119)(H,104,118)(H,105,122)(H,106,123)(H,107,124)(H,108,125)(H,109,126)(H,110,129)(H,111,127)(H,112,128)(H,130,131)(H4,80,81,92)(H4,82,83,93)(H4,84,85,94)(H4,86,87,95)(H4,88,89,96)(H4,90,91,97)/t40-,43-,44-,45-,46-,47-,48-,49-,50-,51-,52-/m0/s1. The molecule has 0 aromatic heterocycles. The van der Waals surface area contributed by atoms with E-state index >= 15 is 0 Å². The first-order chi connectivity index (χ1) is 61.9. The largest absolute Gasteiger partial charge is 0.508 e. The second-order valence-electron chi connectivity index (χ2n) is 30.0. The zero-order valence-corrected chi connectivity index (χ0v) is 73.3. The molecule has 56 heteroatoms. The molecular formula is C75H135N37O19. The van der Waals surface area contributed by atoms with Gasteiger partial charge in [-0.3, -0.25) is 109 Å². The molecule has 16 amide bonds. The summed E-state index contributed by atoms with van der Waals surface area (Å²) in [6.45, 7) is -1.92. The highest BCUT2D eigenvalue weighted by Crippen LogP contribution is 2.15. The fourth-order valence-electron chi connectivity index (χ4n) is 11.9. The summed E-state index contributed by atoms with van der Waals surface area (Å²) in [5.74, 6) is -19.5. The van der Waals surface area contributed by atoms with Crippen LogP contribution in [0.1, 0.15) is 141 Å². The molecule has 0 heterocycles. The van der Waals surface area contributed by atoms with E-state index in [2.05, 4.69) is 112 Å². The molecule has 131 heavy (non-hydrogen) atoms. The number of hydrogen-bond donors (Lipinski definition) is 39. The van der Waals surface area contributed by atoms with Crippen molar-refractivity contribution < 1.29 is 91.7 Å². The van der Waals surface area contributed by atoms with Gasteiger partial charge < -0.3 is 179 Å². The van der Waals surface area contributed by atoms with E-state index in [1.54, 1.807) is 0 Å². The van der Waals surface area contributed by atoms with Crippen molar-refractivity contribution in [2.24, 2.45) is 57.3 Å². The van der Waals surface area contributed by atoms with Gasteiger partial charge in [0.2, 0.25) is 94.5 Å². The monoisotopic (exact) mass is 1860 g/mol. The number of aliphatic carboxylic acids is 1. The highest BCUT2D eigenvalue weighted by atomic mass is 16.4. The van der Waals surface area contributed by atoms with E-state index in [0.29, 0.717) is 12.0 Å². The summed E-state index contributed by atoms with van der Waals surface area (Å²) in [4.78, 5) is 232. The molecule has 0 saturated carbocycles. The molecule has 734 valence electrons. The molecule has 1 aromatic carbocycles. The third kappa shape index (κ3) is 54.3. The van der Waals surface area contributed by atoms with Crippen LogP contribution in [0, 0.1) is 32.5 Å². The van der Waals surface area contributed by atoms with Gasteiger partial charge in [-0.2, -0.15) is 0 Å². The van der Waals surface area contributed by atoms with Crippen molar-refractivity contribution >= 4 is 136 Å². The minimum atomic E-state index is -1.78. The number of carbonyl (C=O) groups is 17. The Morgan fingerprint density at radius 1 is 0.290 bits per heavy atom. The van der Waals surface area contributed by atoms with Crippen LogP contribution in [0.25, 0.3) is 0 Å². The maximum Gasteiger partial charge on any atom is 0.326 e. The molecule has 0 aliphatic rings. The quantitative estimate of drug-likeness (QED) is 0.0164. The average Bonchev–Trinajstić information content (AvgIpc) is 0.860. The van der Waals surface area contributed by atoms with Crippen molar-refractivity contribution in [2.75, 3.05) is 85.1 Å². The molecule has 1 aromatic rings. The lowest BCUT2D eigenvalue weighted by Gasteiger charge is -2.28. The molecule has 56 nitrogen and oxygen atoms in total. The Balaban J connectivity index is 3.84. The Morgan fingerprint density at radius 3 is 0.802 bits per heavy atom. The molecule has 0 aliphatic heterocycles. The molecule has 49 N–H and O–H groups in total. The molecule has 0 saturated heterocycles. The maximum atomic E-state index is 15.0. The van der Waals surface area contributed by atoms with Gasteiger partial charge in [-0.15, -0.1) is 0 Å². The van der Waals surface area contributed by atoms with Crippen LogP contribution < -0.4 is 169 Å². The van der Waals surface area contributed by atoms with Gasteiger partial charge in [0.1, 0.15) is 66.2 Å². The van der Waals surface area contributed by atoms with Crippen molar-refractivity contribution in [3.8, 4) is 5.75 Å². The number of nitrogens with two attached hydrogens (primary N) is 10. The number of nitrogens with one attached hydrogen (secondary N) is 27. The Bertz CT molecular complexity index is 3990. The number of primary amides is 1. The summed E-state index contributed by atoms with van der Waals surface area (Å²) in [5.41, 5.74) is 56.1. The van der Waals surface area contributed by atoms with Crippen LogP contribution in [0.5, 0.6) is 5.75 Å². The Labute approximate surface area is 755 Å². The number of phenols is 1. The van der Waals surface area contributed by atoms with E-state index in [0.717, 1.165) is 0 Å². The number of carboxylic acids is 1. The van der Waals surface area contributed by atoms with Crippen LogP contribution in [0.15, 0.2) is 24.3 Å². The lowest BCUT2D eigenvalue weighted by Crippen LogP contribution is -2.60. The smallest absolute Gasteiger partial charge is 0.326 e. The van der Waals surface area contributed by atoms with Gasteiger partial charge in [0.05, 0.1) is 38.8 Å². The molecule has 0 bridgehead atoms. The number of phenolic OH excluding ortho intramolecular Hbond substituents is 1. The molecular weight excluding hydrogens is 1720 g/mol. The number of amides is 16. The Kier molecular flexibility index (Phi) is 56.9. The summed E-state index contributed by atoms with van der Waals surface area (Å²) in [6.07, 6.45) is -2.20. The number of unbranched alkanes of at least 4 members (excludes halogenated alkanes) is 2. The van der Waals surface area contributed by atoms with Gasteiger partial charge in [-0.1, -0.05) is 12.1 Å². The first kappa shape index (κ1) is 115. The SMILES string of the molecule is C[C@H](N)C(=O)NCC(=O)NCC(=O)NCC(=O)NCC(=O)N[C@@H](Cc1ccc(O)cc1)C(=O)NCC(=O)N[C@@H](CCCNC(=N)N)C(=O)N[C@@H](CCCCN)C(=O)N[C@@H](CCCCN)C(=O)N[C@@H](CCCNC(=N)N)C(=O)N[C@@H](CCCNC(=N)N)C(=O)N[C@@H](CCC(N)=O)C(=O)N[C@@H](CCCNC(=N)N)C(=O)N[C@@H](CCCNC(=N)N)C(=O)N[C@@H](CCCNC(=N)N)C(=O)O. The van der Waals surface area contributed by atoms with E-state index in [1.807, 2.05) is 0 Å². The minimum Gasteiger partial charge on any atom is -0.508 e. The lowest BCUT2D eigenvalue weighted by molar-refractivity contribution is -0.142. The zero-order valence-electron chi connectivity index (χ0n) is 73.3. The number of benzene rings is 1. The zero-order chi connectivity index (χ0) is 98.5. The van der Waals surface area contributed by atoms with Crippen LogP contribution >= 0.6 is 0 Å². The predicted molar refractivity (Wildman–Crippen MR) is 477 cm³/mol. The van der Waals surface area contributed by atoms with Crippen molar-refractivity contribution in [3.05, 3.63) is 29.8 Å². The summed E-state index contributed by atoms with van der Waals surface area (Å²) in [5, 5.41) is 118. The van der Waals surface area contributed by atoms with E-state index in [4.69, 9.17) is 89.8 Å². The third-order valence-electron chi connectivity index (χ3n) is 18.8. The summed E-state index contributed by atoms with van der Waals surface area (Å²) >= 11 is 0. The Morgan fingerprint density at radius 2 is 0.527 bits per heavy atom. The number of rotatable bonds is 68. The van der Waals surface area contributed by atoms with E-state index in [9.17, 15) is 91.7 Å². The fourth-order valence-corrected chi connectivity index (χ4v) is 11.9. The molecule has 0 fully saturated rings. The number of aromatic hydroxyl groups is 1. The van der Waals surface area contributed by atoms with E-state index in [1.165, 1.54) is 31.2 Å². The van der Waals surface area contributed by atoms with Crippen LogP contribution in [0.4, 0.5) is 0 Å². The maximum absolute atomic E-state index is 15.0. The molecule has 1 rings (SSSR count). The van der Waals surface area contributed by atoms with Gasteiger partial charge in [0, 0.05) is 52.1 Å². The van der Waals surface area contributed by atoms with Crippen LogP contribution in [-0.2, 0) is 87.9 Å². The second kappa shape index (κ2) is 65.1. The van der Waals surface area contributed by atoms with Crippen LogP contribution in [-0.4, -0.2) is 298 Å². The minimum absolute atomic E-state index is 0.00553. The predicted octanol–water partition coefficient (Wildman–Crippen LogP) is -14.1. The van der Waals surface area contributed by atoms with Gasteiger partial charge >= 0.3 is 5.97 Å². The molecule has 0 unspecified atom stereocenters. The molecule has 0 spiro atoms. The van der Waals surface area contributed by atoms with E-state index < -0.39 is 248 Å². The molecule has 0 radical (unpaired) electrons. The van der Waals surface area contributed by atoms with E-state index in [-0.39, 0.29) is 174 Å². The fraction of sp³-hybridized carbons (Fsp3) is 0.613. The highest BCUT2D eigenvalue weighted by Gasteiger charge is 2.37. The van der Waals surface area contributed by atoms with Crippen LogP contribution in [0.3, 0.4) is 0 Å². The van der Waals surface area contributed by atoms with Crippen molar-refractivity contribution in [3.63, 3.8) is 0 Å². The second-order valence-corrected chi connectivity index (χ2v) is 30.0. The van der Waals surface area contributed by atoms with Crippen molar-refractivity contribution in [2.45, 2.75) is 208 Å². The Hall–Kier alpha value is -14.5. The third-order valence-corrected chi connectivity index (χ3v) is 18.8. The summed E-state index contributed by atoms with van der Waals surface area (Å²) in [6, 6.07) is -11.3. The first-order valence-corrected chi connectivity index (χ1v) is 42.2. The molecule has 11 atom stereocenters. The first-order valence-electron chi connectivity index (χ1n) is 42.2. The van der Waals surface area contributed by atoms with Gasteiger partial charge in [0.25, 0.3) is 0 Å². The average molecular weight is 1860 g/mol. The van der Waals surface area contributed by atoms with Crippen molar-refractivity contribution in [1.29, 1.82) is 32.5 Å². The summed E-state index contributed by atoms with van der Waals surface area (Å²) in [7, 11) is 0. The highest BCUT2D eigenvalue weighted by molar-refractivity contribution is 6.00. The van der Waals surface area contributed by atoms with Crippen LogP contribution in [0.2, 0.25) is 0 Å². The normalized spacial score (nSPS) is 13.2. The number of guanidine groups is 6. The topological polar surface area (TPSA) is 987 Å². The number of hydrogen-bond acceptors (Lipinski definition) is 27. The number of carbonyl (C=O) groups excluding carboxylic acids is 16. The van der Waals surface area contributed by atoms with Gasteiger partial charge in [-0.25, -0.2) is 4.79 Å². The number of carboxylic acid groups (broad SMARTS) is 1.